The number of benzene rings is 1. The molecule has 0 spiro atoms. The Morgan fingerprint density at radius 1 is 1.07 bits per heavy atom. The molecule has 2 aromatic heterocycles. The third kappa shape index (κ3) is 7.22. The zero-order valence-corrected chi connectivity index (χ0v) is 25.9. The molecular formula is C32H40N4O6S. The minimum Gasteiger partial charge on any atom is -0.480 e. The van der Waals surface area contributed by atoms with Gasteiger partial charge in [0.25, 0.3) is 0 Å². The van der Waals surface area contributed by atoms with Gasteiger partial charge in [0.05, 0.1) is 10.6 Å². The summed E-state index contributed by atoms with van der Waals surface area (Å²) in [5.74, 6) is -1.40. The molecule has 0 bridgehead atoms. The normalized spacial score (nSPS) is 15.7. The molecule has 1 saturated carbocycles. The van der Waals surface area contributed by atoms with Gasteiger partial charge in [-0.2, -0.15) is 0 Å². The molecule has 1 fully saturated rings. The third-order valence-electron chi connectivity index (χ3n) is 7.67. The molecule has 0 aliphatic heterocycles. The van der Waals surface area contributed by atoms with E-state index < -0.39 is 38.9 Å². The first kappa shape index (κ1) is 32.1. The number of amides is 1. The van der Waals surface area contributed by atoms with Crippen molar-refractivity contribution in [1.29, 1.82) is 0 Å². The summed E-state index contributed by atoms with van der Waals surface area (Å²) in [6, 6.07) is 15.2. The molecule has 2 heterocycles. The van der Waals surface area contributed by atoms with E-state index in [0.29, 0.717) is 5.56 Å². The van der Waals surface area contributed by atoms with E-state index in [9.17, 15) is 23.1 Å². The quantitative estimate of drug-likeness (QED) is 0.277. The average Bonchev–Trinajstić information content (AvgIpc) is 3.75. The number of carbonyl (C=O) groups is 2. The van der Waals surface area contributed by atoms with Crippen LogP contribution in [0.2, 0.25) is 0 Å². The molecule has 1 amide bonds. The molecule has 1 unspecified atom stereocenters. The lowest BCUT2D eigenvalue weighted by molar-refractivity contribution is -0.135. The molecule has 0 saturated heterocycles. The summed E-state index contributed by atoms with van der Waals surface area (Å²) in [6.07, 6.45) is 7.32. The molecule has 1 aliphatic rings. The molecule has 1 aromatic carbocycles. The number of hydrogen-bond acceptors (Lipinski definition) is 8. The van der Waals surface area contributed by atoms with Gasteiger partial charge in [-0.25, -0.2) is 18.2 Å². The summed E-state index contributed by atoms with van der Waals surface area (Å²) in [4.78, 5) is 31.8. The fraction of sp³-hybridized carbons (Fsp3) is 0.438. The molecule has 10 nitrogen and oxygen atoms in total. The number of anilines is 1. The lowest BCUT2D eigenvalue weighted by atomic mass is 9.89. The molecule has 1 atom stereocenters. The Bertz CT molecular complexity index is 1550. The largest absolute Gasteiger partial charge is 0.480 e. The second kappa shape index (κ2) is 12.4. The van der Waals surface area contributed by atoms with Crippen molar-refractivity contribution >= 4 is 27.7 Å². The number of hydrogen-bond donors (Lipinski definition) is 2. The summed E-state index contributed by atoms with van der Waals surface area (Å²) >= 11 is 0. The van der Waals surface area contributed by atoms with E-state index >= 15 is 0 Å². The highest BCUT2D eigenvalue weighted by Gasteiger charge is 2.46. The van der Waals surface area contributed by atoms with Crippen molar-refractivity contribution in [2.24, 2.45) is 5.73 Å². The number of carboxylic acid groups (broad SMARTS) is 1. The number of sulfone groups is 1. The molecule has 1 aliphatic carbocycles. The van der Waals surface area contributed by atoms with Crippen LogP contribution >= 0.6 is 0 Å². The molecule has 0 radical (unpaired) electrons. The van der Waals surface area contributed by atoms with E-state index in [1.807, 2.05) is 12.1 Å². The third-order valence-corrected chi connectivity index (χ3v) is 9.85. The fourth-order valence-electron chi connectivity index (χ4n) is 5.17. The van der Waals surface area contributed by atoms with Crippen LogP contribution in [-0.2, 0) is 36.1 Å². The van der Waals surface area contributed by atoms with Gasteiger partial charge in [0.2, 0.25) is 9.84 Å². The van der Waals surface area contributed by atoms with Crippen LogP contribution in [0, 0.1) is 0 Å². The molecule has 230 valence electrons. The first-order valence-electron chi connectivity index (χ1n) is 14.4. The van der Waals surface area contributed by atoms with Crippen molar-refractivity contribution < 1.29 is 27.9 Å². The van der Waals surface area contributed by atoms with E-state index in [1.165, 1.54) is 48.3 Å². The zero-order valence-electron chi connectivity index (χ0n) is 25.1. The smallest absolute Gasteiger partial charge is 0.416 e. The Labute approximate surface area is 253 Å². The van der Waals surface area contributed by atoms with Gasteiger partial charge in [-0.15, -0.1) is 0 Å². The minimum absolute atomic E-state index is 0.0570. The molecule has 4 rings (SSSR count). The molecule has 43 heavy (non-hydrogen) atoms. The van der Waals surface area contributed by atoms with Gasteiger partial charge in [0.15, 0.2) is 4.87 Å². The van der Waals surface area contributed by atoms with Crippen molar-refractivity contribution in [3.8, 4) is 0 Å². The molecule has 3 aromatic rings. The predicted octanol–water partition coefficient (Wildman–Crippen LogP) is 5.35. The van der Waals surface area contributed by atoms with Gasteiger partial charge in [-0.1, -0.05) is 50.1 Å². The number of rotatable bonds is 12. The highest BCUT2D eigenvalue weighted by atomic mass is 32.2. The van der Waals surface area contributed by atoms with Crippen molar-refractivity contribution in [3.05, 3.63) is 83.8 Å². The van der Waals surface area contributed by atoms with E-state index in [2.05, 4.69) is 29.0 Å². The maximum absolute atomic E-state index is 14.2. The monoisotopic (exact) mass is 608 g/mol. The zero-order chi connectivity index (χ0) is 31.5. The van der Waals surface area contributed by atoms with Crippen LogP contribution in [0.25, 0.3) is 0 Å². The van der Waals surface area contributed by atoms with Gasteiger partial charge in [-0.3, -0.25) is 14.7 Å². The van der Waals surface area contributed by atoms with Crippen LogP contribution < -0.4 is 10.6 Å². The molecule has 11 heteroatoms. The number of nitrogens with zero attached hydrogens (tertiary/aromatic N) is 3. The van der Waals surface area contributed by atoms with Gasteiger partial charge >= 0.3 is 12.1 Å². The van der Waals surface area contributed by atoms with Crippen molar-refractivity contribution in [2.45, 2.75) is 87.0 Å². The Balaban J connectivity index is 1.77. The summed E-state index contributed by atoms with van der Waals surface area (Å²) in [5.41, 5.74) is 8.04. The Hall–Kier alpha value is -3.83. The Morgan fingerprint density at radius 3 is 2.33 bits per heavy atom. The summed E-state index contributed by atoms with van der Waals surface area (Å²) in [7, 11) is -4.30. The Morgan fingerprint density at radius 2 is 1.77 bits per heavy atom. The van der Waals surface area contributed by atoms with Gasteiger partial charge in [0.1, 0.15) is 18.0 Å². The van der Waals surface area contributed by atoms with Crippen LogP contribution in [0.3, 0.4) is 0 Å². The van der Waals surface area contributed by atoms with Gasteiger partial charge < -0.3 is 15.6 Å². The van der Waals surface area contributed by atoms with E-state index in [0.717, 1.165) is 37.0 Å². The standard InChI is InChI=1S/C32H40N4O6S/c1-5-6-16-31(17-18-31)24-14-12-23(13-15-24)20-32(33,43(40,41)25-9-8-19-34-21-25)26-10-7-11-27(35-26)36(22-28(37)38)29(39)42-30(2,3)4/h7-15,19,21H,5-6,16-18,20,22,33H2,1-4H3,(H,37,38). The fourth-order valence-corrected chi connectivity index (χ4v) is 6.79. The van der Waals surface area contributed by atoms with Crippen LogP contribution in [0.4, 0.5) is 10.6 Å². The first-order valence-corrected chi connectivity index (χ1v) is 15.9. The number of unbranched alkanes of at least 4 members (excludes halogenated alkanes) is 1. The second-order valence-electron chi connectivity index (χ2n) is 12.2. The maximum Gasteiger partial charge on any atom is 0.416 e. The van der Waals surface area contributed by atoms with Crippen LogP contribution in [-0.4, -0.2) is 47.7 Å². The van der Waals surface area contributed by atoms with E-state index in [4.69, 9.17) is 10.5 Å². The Kier molecular flexibility index (Phi) is 9.27. The van der Waals surface area contributed by atoms with Gasteiger partial charge in [0, 0.05) is 18.8 Å². The number of pyridine rings is 2. The second-order valence-corrected chi connectivity index (χ2v) is 14.4. The minimum atomic E-state index is -4.30. The number of carboxylic acids is 1. The highest BCUT2D eigenvalue weighted by Crippen LogP contribution is 2.52. The van der Waals surface area contributed by atoms with E-state index in [-0.39, 0.29) is 28.2 Å². The maximum atomic E-state index is 14.2. The van der Waals surface area contributed by atoms with Crippen LogP contribution in [0.15, 0.2) is 71.9 Å². The number of aliphatic carboxylic acids is 1. The van der Waals surface area contributed by atoms with Crippen molar-refractivity contribution in [1.82, 2.24) is 9.97 Å². The molecule has 3 N–H and O–H groups in total. The number of ether oxygens (including phenoxy) is 1. The summed E-state index contributed by atoms with van der Waals surface area (Å²) in [6.45, 7) is 6.39. The van der Waals surface area contributed by atoms with Crippen LogP contribution in [0.1, 0.15) is 76.6 Å². The van der Waals surface area contributed by atoms with E-state index in [1.54, 1.807) is 20.8 Å². The predicted molar refractivity (Wildman–Crippen MR) is 163 cm³/mol. The summed E-state index contributed by atoms with van der Waals surface area (Å²) < 4.78 is 33.8. The SMILES string of the molecule is CCCCC1(c2ccc(CC(N)(c3cccc(N(CC(=O)O)C(=O)OC(C)(C)C)n3)S(=O)(=O)c3cccnc3)cc2)CC1. The number of aromatic nitrogens is 2. The van der Waals surface area contributed by atoms with Gasteiger partial charge in [-0.05, 0) is 80.8 Å². The lowest BCUT2D eigenvalue weighted by Crippen LogP contribution is -2.48. The summed E-state index contributed by atoms with van der Waals surface area (Å²) in [5, 5.41) is 9.52. The van der Waals surface area contributed by atoms with Crippen molar-refractivity contribution in [2.75, 3.05) is 11.4 Å². The average molecular weight is 609 g/mol. The topological polar surface area (TPSA) is 153 Å². The first-order chi connectivity index (χ1) is 20.2. The molecular weight excluding hydrogens is 568 g/mol. The number of nitrogens with two attached hydrogens (primary N) is 1. The number of carbonyl (C=O) groups excluding carboxylic acids is 1. The van der Waals surface area contributed by atoms with Crippen LogP contribution in [0.5, 0.6) is 0 Å². The van der Waals surface area contributed by atoms with Crippen molar-refractivity contribution in [3.63, 3.8) is 0 Å². The highest BCUT2D eigenvalue weighted by molar-refractivity contribution is 7.92. The lowest BCUT2D eigenvalue weighted by Gasteiger charge is -2.31.